The van der Waals surface area contributed by atoms with Crippen LogP contribution < -0.4 is 5.32 Å². The van der Waals surface area contributed by atoms with Gasteiger partial charge >= 0.3 is 0 Å². The number of nitrogens with zero attached hydrogens (tertiary/aromatic N) is 4. The van der Waals surface area contributed by atoms with Gasteiger partial charge in [-0.2, -0.15) is 5.10 Å². The molecule has 28 heavy (non-hydrogen) atoms. The number of aryl methyl sites for hydroxylation is 1. The number of nitrogens with one attached hydrogen (secondary N) is 1. The van der Waals surface area contributed by atoms with Crippen LogP contribution in [0.5, 0.6) is 0 Å². The molecule has 1 saturated heterocycles. The third-order valence-electron chi connectivity index (χ3n) is 4.96. The molecule has 0 radical (unpaired) electrons. The Labute approximate surface area is 167 Å². The molecule has 1 atom stereocenters. The van der Waals surface area contributed by atoms with Gasteiger partial charge in [-0.3, -0.25) is 14.4 Å². The molecule has 0 bridgehead atoms. The largest absolute Gasteiger partial charge is 0.301 e. The lowest BCUT2D eigenvalue weighted by atomic mass is 10.1. The number of carbonyl (C=O) groups is 1. The first-order valence-corrected chi connectivity index (χ1v) is 10.1. The fourth-order valence-corrected chi connectivity index (χ4v) is 4.46. The number of carbonyl (C=O) groups excluding carboxylic acids is 1. The lowest BCUT2D eigenvalue weighted by Crippen LogP contribution is -2.39. The second kappa shape index (κ2) is 8.20. The normalized spacial score (nSPS) is 17.1. The fraction of sp³-hybridized carbons (Fsp3) is 0.350. The molecule has 6 nitrogen and oxygen atoms in total. The molecule has 0 spiro atoms. The average molecular weight is 399 g/mol. The van der Waals surface area contributed by atoms with Gasteiger partial charge in [-0.25, -0.2) is 9.37 Å². The van der Waals surface area contributed by atoms with E-state index in [4.69, 9.17) is 0 Å². The van der Waals surface area contributed by atoms with Crippen molar-refractivity contribution in [2.75, 3.05) is 18.4 Å². The predicted octanol–water partition coefficient (Wildman–Crippen LogP) is 3.56. The van der Waals surface area contributed by atoms with Crippen molar-refractivity contribution in [3.63, 3.8) is 0 Å². The molecule has 4 rings (SSSR count). The maximum absolute atomic E-state index is 13.1. The zero-order valence-electron chi connectivity index (χ0n) is 15.6. The molecule has 1 fully saturated rings. The summed E-state index contributed by atoms with van der Waals surface area (Å²) in [5, 5.41) is 7.76. The third-order valence-corrected chi connectivity index (χ3v) is 5.85. The van der Waals surface area contributed by atoms with Gasteiger partial charge in [0.15, 0.2) is 5.13 Å². The molecule has 0 unspecified atom stereocenters. The van der Waals surface area contributed by atoms with Crippen LogP contribution in [0.25, 0.3) is 11.3 Å². The molecule has 1 aromatic carbocycles. The number of hydrogen-bond acceptors (Lipinski definition) is 5. The summed E-state index contributed by atoms with van der Waals surface area (Å²) < 4.78 is 15.1. The molecule has 146 valence electrons. The van der Waals surface area contributed by atoms with Crippen molar-refractivity contribution in [3.05, 3.63) is 53.4 Å². The number of aromatic nitrogens is 3. The van der Waals surface area contributed by atoms with Gasteiger partial charge in [-0.05, 0) is 56.6 Å². The number of benzene rings is 1. The summed E-state index contributed by atoms with van der Waals surface area (Å²) in [6.45, 7) is 4.01. The summed E-state index contributed by atoms with van der Waals surface area (Å²) in [6.07, 6.45) is 5.88. The highest BCUT2D eigenvalue weighted by atomic mass is 32.1. The van der Waals surface area contributed by atoms with E-state index in [0.29, 0.717) is 17.7 Å². The molecular formula is C20H22FN5OS. The number of hydrogen-bond donors (Lipinski definition) is 1. The van der Waals surface area contributed by atoms with Crippen LogP contribution in [0.15, 0.2) is 42.7 Å². The van der Waals surface area contributed by atoms with Crippen LogP contribution in [0.4, 0.5) is 9.52 Å². The van der Waals surface area contributed by atoms with Gasteiger partial charge in [0.25, 0.3) is 0 Å². The summed E-state index contributed by atoms with van der Waals surface area (Å²) in [5.74, 6) is -0.341. The molecular weight excluding hydrogens is 377 g/mol. The van der Waals surface area contributed by atoms with E-state index < -0.39 is 0 Å². The molecule has 8 heteroatoms. The zero-order valence-corrected chi connectivity index (χ0v) is 16.5. The minimum Gasteiger partial charge on any atom is -0.301 e. The number of halogens is 1. The van der Waals surface area contributed by atoms with E-state index in [0.717, 1.165) is 42.1 Å². The van der Waals surface area contributed by atoms with Crippen molar-refractivity contribution in [1.29, 1.82) is 0 Å². The van der Waals surface area contributed by atoms with E-state index >= 15 is 0 Å². The van der Waals surface area contributed by atoms with Crippen molar-refractivity contribution < 1.29 is 9.18 Å². The second-order valence-corrected chi connectivity index (χ2v) is 8.18. The first-order valence-electron chi connectivity index (χ1n) is 9.33. The highest BCUT2D eigenvalue weighted by Crippen LogP contribution is 2.30. The summed E-state index contributed by atoms with van der Waals surface area (Å²) in [4.78, 5) is 20.3. The Bertz CT molecular complexity index is 938. The number of rotatable bonds is 6. The van der Waals surface area contributed by atoms with Crippen LogP contribution in [-0.4, -0.2) is 44.7 Å². The Hall–Kier alpha value is -2.58. The van der Waals surface area contributed by atoms with Crippen LogP contribution in [0.2, 0.25) is 0 Å². The standard InChI is InChI=1S/C20H22FN5OS/c1-14-19(15-5-7-16(21)8-6-15)24-20(28-14)23-18(27)13-25-10-2-4-17(25)12-26-11-3-9-22-26/h3,5-9,11,17H,2,4,10,12-13H2,1H3,(H,23,24,27)/t17-/m0/s1. The molecule has 3 aromatic rings. The zero-order chi connectivity index (χ0) is 19.5. The Morgan fingerprint density at radius 1 is 1.36 bits per heavy atom. The van der Waals surface area contributed by atoms with E-state index in [1.165, 1.54) is 23.5 Å². The van der Waals surface area contributed by atoms with Gasteiger partial charge < -0.3 is 5.32 Å². The predicted molar refractivity (Wildman–Crippen MR) is 108 cm³/mol. The van der Waals surface area contributed by atoms with Crippen molar-refractivity contribution in [2.45, 2.75) is 32.4 Å². The van der Waals surface area contributed by atoms with Crippen molar-refractivity contribution in [1.82, 2.24) is 19.7 Å². The Morgan fingerprint density at radius 3 is 2.93 bits per heavy atom. The number of thiazole rings is 1. The van der Waals surface area contributed by atoms with Crippen molar-refractivity contribution in [2.24, 2.45) is 0 Å². The van der Waals surface area contributed by atoms with Crippen LogP contribution in [0, 0.1) is 12.7 Å². The maximum Gasteiger partial charge on any atom is 0.240 e. The quantitative estimate of drug-likeness (QED) is 0.688. The number of likely N-dealkylation sites (tertiary alicyclic amines) is 1. The Kier molecular flexibility index (Phi) is 5.50. The monoisotopic (exact) mass is 399 g/mol. The highest BCUT2D eigenvalue weighted by Gasteiger charge is 2.27. The average Bonchev–Trinajstić information content (AvgIpc) is 3.40. The lowest BCUT2D eigenvalue weighted by molar-refractivity contribution is -0.117. The summed E-state index contributed by atoms with van der Waals surface area (Å²) in [5.41, 5.74) is 1.62. The topological polar surface area (TPSA) is 63.1 Å². The number of amides is 1. The molecule has 1 aliphatic rings. The summed E-state index contributed by atoms with van der Waals surface area (Å²) in [6, 6.07) is 8.47. The summed E-state index contributed by atoms with van der Waals surface area (Å²) in [7, 11) is 0. The van der Waals surface area contributed by atoms with E-state index in [-0.39, 0.29) is 11.7 Å². The number of anilines is 1. The van der Waals surface area contributed by atoms with Crippen molar-refractivity contribution in [3.8, 4) is 11.3 Å². The first-order chi connectivity index (χ1) is 13.6. The Balaban J connectivity index is 1.38. The van der Waals surface area contributed by atoms with Crippen LogP contribution in [0.3, 0.4) is 0 Å². The first kappa shape index (κ1) is 18.8. The van der Waals surface area contributed by atoms with Crippen molar-refractivity contribution >= 4 is 22.4 Å². The molecule has 3 heterocycles. The highest BCUT2D eigenvalue weighted by molar-refractivity contribution is 7.16. The van der Waals surface area contributed by atoms with Gasteiger partial charge in [0, 0.05) is 28.9 Å². The van der Waals surface area contributed by atoms with Gasteiger partial charge in [-0.1, -0.05) is 0 Å². The van der Waals surface area contributed by atoms with Crippen LogP contribution in [-0.2, 0) is 11.3 Å². The van der Waals surface area contributed by atoms with Gasteiger partial charge in [0.05, 0.1) is 18.8 Å². The minimum absolute atomic E-state index is 0.0632. The molecule has 1 amide bonds. The molecule has 1 N–H and O–H groups in total. The Morgan fingerprint density at radius 2 is 2.18 bits per heavy atom. The van der Waals surface area contributed by atoms with E-state index in [2.05, 4.69) is 20.3 Å². The molecule has 0 aliphatic carbocycles. The van der Waals surface area contributed by atoms with E-state index in [9.17, 15) is 9.18 Å². The fourth-order valence-electron chi connectivity index (χ4n) is 3.60. The molecule has 2 aromatic heterocycles. The van der Waals surface area contributed by atoms with Crippen LogP contribution >= 0.6 is 11.3 Å². The van der Waals surface area contributed by atoms with Gasteiger partial charge in [0.2, 0.25) is 5.91 Å². The smallest absolute Gasteiger partial charge is 0.240 e. The lowest BCUT2D eigenvalue weighted by Gasteiger charge is -2.23. The second-order valence-electron chi connectivity index (χ2n) is 6.97. The van der Waals surface area contributed by atoms with Crippen LogP contribution in [0.1, 0.15) is 17.7 Å². The minimum atomic E-state index is -0.277. The van der Waals surface area contributed by atoms with E-state index in [1.807, 2.05) is 23.9 Å². The van der Waals surface area contributed by atoms with E-state index in [1.54, 1.807) is 18.3 Å². The third kappa shape index (κ3) is 4.28. The SMILES string of the molecule is Cc1sc(NC(=O)CN2CCC[C@H]2Cn2cccn2)nc1-c1ccc(F)cc1. The molecule has 0 saturated carbocycles. The maximum atomic E-state index is 13.1. The van der Waals surface area contributed by atoms with Gasteiger partial charge in [-0.15, -0.1) is 11.3 Å². The molecule has 1 aliphatic heterocycles. The van der Waals surface area contributed by atoms with Gasteiger partial charge in [0.1, 0.15) is 5.82 Å². The summed E-state index contributed by atoms with van der Waals surface area (Å²) >= 11 is 1.43.